The Bertz CT molecular complexity index is 706. The van der Waals surface area contributed by atoms with Crippen molar-refractivity contribution in [2.45, 2.75) is 31.2 Å². The first-order chi connectivity index (χ1) is 12.1. The van der Waals surface area contributed by atoms with Crippen LogP contribution in [-0.4, -0.2) is 30.2 Å². The Morgan fingerprint density at radius 3 is 2.56 bits per heavy atom. The number of anilines is 1. The van der Waals surface area contributed by atoms with Gasteiger partial charge in [0.1, 0.15) is 0 Å². The van der Waals surface area contributed by atoms with Crippen LogP contribution in [-0.2, 0) is 11.3 Å². The summed E-state index contributed by atoms with van der Waals surface area (Å²) in [7, 11) is 0. The smallest absolute Gasteiger partial charge is 0.227 e. The van der Waals surface area contributed by atoms with Crippen molar-refractivity contribution in [2.75, 3.05) is 24.7 Å². The van der Waals surface area contributed by atoms with Crippen molar-refractivity contribution in [2.24, 2.45) is 5.92 Å². The van der Waals surface area contributed by atoms with Gasteiger partial charge < -0.3 is 5.32 Å². The molecule has 2 aromatic carbocycles. The van der Waals surface area contributed by atoms with E-state index >= 15 is 0 Å². The molecule has 132 valence electrons. The van der Waals surface area contributed by atoms with Crippen molar-refractivity contribution in [3.8, 4) is 0 Å². The summed E-state index contributed by atoms with van der Waals surface area (Å²) < 4.78 is 0. The lowest BCUT2D eigenvalue weighted by atomic mass is 9.95. The van der Waals surface area contributed by atoms with Crippen molar-refractivity contribution in [3.05, 3.63) is 59.7 Å². The fraction of sp³-hybridized carbons (Fsp3) is 0.381. The van der Waals surface area contributed by atoms with E-state index in [0.717, 1.165) is 38.2 Å². The van der Waals surface area contributed by atoms with Crippen LogP contribution in [0.1, 0.15) is 24.0 Å². The molecule has 0 spiro atoms. The minimum atomic E-state index is 0.118. The van der Waals surface area contributed by atoms with E-state index in [9.17, 15) is 4.79 Å². The number of amides is 1. The first-order valence-corrected chi connectivity index (χ1v) is 10.1. The van der Waals surface area contributed by atoms with E-state index in [2.05, 4.69) is 47.5 Å². The van der Waals surface area contributed by atoms with Gasteiger partial charge in [-0.1, -0.05) is 35.9 Å². The summed E-state index contributed by atoms with van der Waals surface area (Å²) in [6.07, 6.45) is 3.91. The maximum Gasteiger partial charge on any atom is 0.227 e. The average Bonchev–Trinajstić information content (AvgIpc) is 2.64. The van der Waals surface area contributed by atoms with E-state index in [1.165, 1.54) is 16.0 Å². The number of carbonyl (C=O) groups is 1. The Morgan fingerprint density at radius 1 is 1.16 bits per heavy atom. The van der Waals surface area contributed by atoms with Crippen molar-refractivity contribution < 1.29 is 4.79 Å². The third-order valence-corrected chi connectivity index (χ3v) is 5.55. The van der Waals surface area contributed by atoms with E-state index in [-0.39, 0.29) is 11.8 Å². The lowest BCUT2D eigenvalue weighted by Crippen LogP contribution is -2.37. The zero-order chi connectivity index (χ0) is 17.6. The minimum Gasteiger partial charge on any atom is -0.326 e. The maximum atomic E-state index is 12.5. The highest BCUT2D eigenvalue weighted by Crippen LogP contribution is 2.23. The van der Waals surface area contributed by atoms with Crippen LogP contribution in [0.25, 0.3) is 0 Å². The molecule has 2 aromatic rings. The van der Waals surface area contributed by atoms with Gasteiger partial charge in [-0.15, -0.1) is 11.8 Å². The molecular weight excluding hydrogens is 328 g/mol. The van der Waals surface area contributed by atoms with E-state index in [1.54, 1.807) is 11.8 Å². The second-order valence-electron chi connectivity index (χ2n) is 6.76. The van der Waals surface area contributed by atoms with Gasteiger partial charge in [0.2, 0.25) is 5.91 Å². The van der Waals surface area contributed by atoms with Crippen molar-refractivity contribution in [1.82, 2.24) is 4.90 Å². The highest BCUT2D eigenvalue weighted by atomic mass is 32.2. The van der Waals surface area contributed by atoms with Crippen LogP contribution < -0.4 is 5.32 Å². The number of hydrogen-bond donors (Lipinski definition) is 1. The van der Waals surface area contributed by atoms with Crippen molar-refractivity contribution >= 4 is 23.4 Å². The van der Waals surface area contributed by atoms with E-state index in [1.807, 2.05) is 24.5 Å². The van der Waals surface area contributed by atoms with Gasteiger partial charge in [-0.3, -0.25) is 9.69 Å². The molecule has 25 heavy (non-hydrogen) atoms. The monoisotopic (exact) mass is 354 g/mol. The molecule has 0 aliphatic carbocycles. The molecule has 1 aliphatic rings. The Labute approximate surface area is 154 Å². The Balaban J connectivity index is 1.49. The van der Waals surface area contributed by atoms with Gasteiger partial charge in [0.25, 0.3) is 0 Å². The summed E-state index contributed by atoms with van der Waals surface area (Å²) in [4.78, 5) is 16.2. The fourth-order valence-corrected chi connectivity index (χ4v) is 3.71. The number of piperidine rings is 1. The van der Waals surface area contributed by atoms with Gasteiger partial charge in [0.05, 0.1) is 0 Å². The molecule has 1 saturated heterocycles. The third kappa shape index (κ3) is 5.10. The van der Waals surface area contributed by atoms with Crippen LogP contribution in [0.15, 0.2) is 53.4 Å². The van der Waals surface area contributed by atoms with Crippen LogP contribution in [0.4, 0.5) is 5.69 Å². The number of hydrogen-bond acceptors (Lipinski definition) is 3. The maximum absolute atomic E-state index is 12.5. The minimum absolute atomic E-state index is 0.118. The van der Waals surface area contributed by atoms with Crippen molar-refractivity contribution in [1.29, 1.82) is 0 Å². The number of nitrogens with one attached hydrogen (secondary N) is 1. The molecule has 4 heteroatoms. The standard InChI is InChI=1S/C21H26N2OS/c1-16-6-8-17(9-7-16)15-23-12-10-18(11-13-23)21(24)22-19-4-3-5-20(14-19)25-2/h3-9,14,18H,10-13,15H2,1-2H3,(H,22,24). The highest BCUT2D eigenvalue weighted by molar-refractivity contribution is 7.98. The number of aryl methyl sites for hydroxylation is 1. The Kier molecular flexibility index (Phi) is 6.16. The number of carbonyl (C=O) groups excluding carboxylic acids is 1. The lowest BCUT2D eigenvalue weighted by Gasteiger charge is -2.31. The first kappa shape index (κ1) is 18.0. The summed E-state index contributed by atoms with van der Waals surface area (Å²) in [5.41, 5.74) is 3.55. The average molecular weight is 355 g/mol. The van der Waals surface area contributed by atoms with Gasteiger partial charge in [0.15, 0.2) is 0 Å². The van der Waals surface area contributed by atoms with Crippen LogP contribution in [0.3, 0.4) is 0 Å². The third-order valence-electron chi connectivity index (χ3n) is 4.82. The molecule has 0 saturated carbocycles. The number of likely N-dealkylation sites (tertiary alicyclic amines) is 1. The second kappa shape index (κ2) is 8.54. The van der Waals surface area contributed by atoms with Gasteiger partial charge in [-0.25, -0.2) is 0 Å². The van der Waals surface area contributed by atoms with Crippen LogP contribution in [0.5, 0.6) is 0 Å². The van der Waals surface area contributed by atoms with Crippen LogP contribution in [0, 0.1) is 12.8 Å². The molecule has 1 amide bonds. The summed E-state index contributed by atoms with van der Waals surface area (Å²) >= 11 is 1.69. The summed E-state index contributed by atoms with van der Waals surface area (Å²) in [6.45, 7) is 5.06. The first-order valence-electron chi connectivity index (χ1n) is 8.87. The van der Waals surface area contributed by atoms with Gasteiger partial charge in [0, 0.05) is 23.0 Å². The second-order valence-corrected chi connectivity index (χ2v) is 7.64. The SMILES string of the molecule is CSc1cccc(NC(=O)C2CCN(Cc3ccc(C)cc3)CC2)c1. The topological polar surface area (TPSA) is 32.3 Å². The zero-order valence-corrected chi connectivity index (χ0v) is 15.8. The molecular formula is C21H26N2OS. The molecule has 0 radical (unpaired) electrons. The molecule has 0 bridgehead atoms. The number of rotatable bonds is 5. The van der Waals surface area contributed by atoms with Crippen molar-refractivity contribution in [3.63, 3.8) is 0 Å². The summed E-state index contributed by atoms with van der Waals surface area (Å²) in [6, 6.07) is 16.8. The fourth-order valence-electron chi connectivity index (χ4n) is 3.25. The molecule has 1 aliphatic heterocycles. The molecule has 0 atom stereocenters. The lowest BCUT2D eigenvalue weighted by molar-refractivity contribution is -0.121. The largest absolute Gasteiger partial charge is 0.326 e. The number of benzene rings is 2. The quantitative estimate of drug-likeness (QED) is 0.799. The Morgan fingerprint density at radius 2 is 1.88 bits per heavy atom. The zero-order valence-electron chi connectivity index (χ0n) is 15.0. The molecule has 0 aromatic heterocycles. The molecule has 3 nitrogen and oxygen atoms in total. The van der Waals surface area contributed by atoms with Crippen LogP contribution in [0.2, 0.25) is 0 Å². The Hall–Kier alpha value is -1.78. The molecule has 1 fully saturated rings. The number of nitrogens with zero attached hydrogens (tertiary/aromatic N) is 1. The number of thioether (sulfide) groups is 1. The van der Waals surface area contributed by atoms with Gasteiger partial charge in [-0.2, -0.15) is 0 Å². The molecule has 1 heterocycles. The van der Waals surface area contributed by atoms with E-state index in [4.69, 9.17) is 0 Å². The molecule has 3 rings (SSSR count). The molecule has 1 N–H and O–H groups in total. The van der Waals surface area contributed by atoms with E-state index in [0.29, 0.717) is 0 Å². The predicted molar refractivity (Wildman–Crippen MR) is 106 cm³/mol. The van der Waals surface area contributed by atoms with Gasteiger partial charge in [-0.05, 0) is 62.9 Å². The van der Waals surface area contributed by atoms with E-state index < -0.39 is 0 Å². The predicted octanol–water partition coefficient (Wildman–Crippen LogP) is 4.57. The normalized spacial score (nSPS) is 15.9. The summed E-state index contributed by atoms with van der Waals surface area (Å²) in [5.74, 6) is 0.278. The van der Waals surface area contributed by atoms with Crippen LogP contribution >= 0.6 is 11.8 Å². The highest BCUT2D eigenvalue weighted by Gasteiger charge is 2.25. The molecule has 0 unspecified atom stereocenters. The van der Waals surface area contributed by atoms with Gasteiger partial charge >= 0.3 is 0 Å². The summed E-state index contributed by atoms with van der Waals surface area (Å²) in [5, 5.41) is 3.09.